The molecule has 0 amide bonds. The van der Waals surface area contributed by atoms with E-state index in [4.69, 9.17) is 4.99 Å². The third-order valence-corrected chi connectivity index (χ3v) is 6.99. The molecule has 0 aromatic heterocycles. The normalized spacial score (nSPS) is 18.8. The van der Waals surface area contributed by atoms with Crippen LogP contribution in [0.1, 0.15) is 49.7 Å². The Kier molecular flexibility index (Phi) is 6.06. The summed E-state index contributed by atoms with van der Waals surface area (Å²) in [5, 5.41) is 0. The number of rotatable bonds is 5. The van der Waals surface area contributed by atoms with Gasteiger partial charge in [0.1, 0.15) is 0 Å². The number of alkyl halides is 1. The predicted octanol–water partition coefficient (Wildman–Crippen LogP) is 5.90. The van der Waals surface area contributed by atoms with Gasteiger partial charge < -0.3 is 9.88 Å². The van der Waals surface area contributed by atoms with Crippen LogP contribution in [0, 0.1) is 5.92 Å². The van der Waals surface area contributed by atoms with Crippen LogP contribution in [0.5, 0.6) is 0 Å². The van der Waals surface area contributed by atoms with Crippen LogP contribution in [0.15, 0.2) is 58.3 Å². The van der Waals surface area contributed by atoms with E-state index >= 15 is 0 Å². The van der Waals surface area contributed by atoms with Crippen LogP contribution >= 0.6 is 0 Å². The number of nitrogens with one attached hydrogen (secondary N) is 1. The van der Waals surface area contributed by atoms with Crippen LogP contribution < -0.4 is 10.5 Å². The Morgan fingerprint density at radius 3 is 2.88 bits per heavy atom. The number of H-pyrrole nitrogens is 1. The van der Waals surface area contributed by atoms with Gasteiger partial charge in [0.15, 0.2) is 0 Å². The Balaban J connectivity index is 1.42. The van der Waals surface area contributed by atoms with Crippen molar-refractivity contribution in [2.75, 3.05) is 24.7 Å². The van der Waals surface area contributed by atoms with Crippen molar-refractivity contribution in [1.29, 1.82) is 0 Å². The van der Waals surface area contributed by atoms with Crippen LogP contribution in [0.2, 0.25) is 0 Å². The predicted molar refractivity (Wildman–Crippen MR) is 129 cm³/mol. The van der Waals surface area contributed by atoms with Gasteiger partial charge in [-0.25, -0.2) is 0 Å². The van der Waals surface area contributed by atoms with Gasteiger partial charge in [0, 0.05) is 30.0 Å². The zero-order chi connectivity index (χ0) is 21.9. The van der Waals surface area contributed by atoms with Gasteiger partial charge in [-0.1, -0.05) is 30.3 Å². The third-order valence-electron chi connectivity index (χ3n) is 6.99. The fourth-order valence-electron chi connectivity index (χ4n) is 5.25. The first kappa shape index (κ1) is 20.9. The Labute approximate surface area is 188 Å². The summed E-state index contributed by atoms with van der Waals surface area (Å²) in [5.74, 6) is 0.636. The molecule has 32 heavy (non-hydrogen) atoms. The van der Waals surface area contributed by atoms with Crippen molar-refractivity contribution < 1.29 is 4.39 Å². The minimum absolute atomic E-state index is 0.0589. The number of aromatic nitrogens is 1. The first-order chi connectivity index (χ1) is 15.7. The van der Waals surface area contributed by atoms with E-state index < -0.39 is 0 Å². The van der Waals surface area contributed by atoms with Gasteiger partial charge in [-0.15, -0.1) is 0 Å². The van der Waals surface area contributed by atoms with Crippen molar-refractivity contribution in [2.45, 2.75) is 44.9 Å². The number of aryl methyl sites for hydroxylation is 1. The summed E-state index contributed by atoms with van der Waals surface area (Å²) in [6, 6.07) is 16.4. The van der Waals surface area contributed by atoms with Crippen molar-refractivity contribution in [2.24, 2.45) is 10.9 Å². The molecule has 1 N–H and O–H groups in total. The maximum atomic E-state index is 12.7. The second-order valence-corrected chi connectivity index (χ2v) is 9.05. The van der Waals surface area contributed by atoms with E-state index in [-0.39, 0.29) is 12.2 Å². The molecule has 1 fully saturated rings. The molecule has 4 aliphatic rings. The number of nitrogens with zero attached hydrogens (tertiary/aromatic N) is 2. The molecule has 0 saturated carbocycles. The van der Waals surface area contributed by atoms with Gasteiger partial charge in [0.2, 0.25) is 0 Å². The average molecular weight is 432 g/mol. The van der Waals surface area contributed by atoms with Crippen LogP contribution in [-0.4, -0.2) is 30.5 Å². The quantitative estimate of drug-likeness (QED) is 0.546. The van der Waals surface area contributed by atoms with Gasteiger partial charge in [-0.3, -0.25) is 14.2 Å². The summed E-state index contributed by atoms with van der Waals surface area (Å²) in [5.41, 5.74) is 6.73. The van der Waals surface area contributed by atoms with Crippen LogP contribution in [0.3, 0.4) is 0 Å². The standard InChI is InChI=1S/C27H30FN3O/c28-15-4-6-19-7-5-16-31(17-14-19)21-12-10-20-11-13-24(29-25(20)18-21)26-22-8-2-1-3-9-23(22)30-27(26)32/h1-3,8-10,12,18-19H,4-7,11,13-17H2,(H,30,32). The largest absolute Gasteiger partial charge is 0.371 e. The van der Waals surface area contributed by atoms with E-state index in [0.717, 1.165) is 67.9 Å². The molecule has 3 heterocycles. The minimum atomic E-state index is -0.203. The second-order valence-electron chi connectivity index (χ2n) is 9.05. The van der Waals surface area contributed by atoms with Gasteiger partial charge in [-0.05, 0) is 74.6 Å². The number of halogens is 1. The van der Waals surface area contributed by atoms with Crippen LogP contribution in [-0.2, 0) is 6.42 Å². The zero-order valence-electron chi connectivity index (χ0n) is 18.4. The maximum Gasteiger partial charge on any atom is 0.258 e. The second kappa shape index (κ2) is 9.27. The zero-order valence-corrected chi connectivity index (χ0v) is 18.4. The lowest BCUT2D eigenvalue weighted by Gasteiger charge is -2.25. The number of anilines is 1. The first-order valence-corrected chi connectivity index (χ1v) is 11.9. The highest BCUT2D eigenvalue weighted by Crippen LogP contribution is 2.34. The molecule has 1 unspecified atom stereocenters. The number of aromatic amines is 1. The van der Waals surface area contributed by atoms with E-state index in [2.05, 4.69) is 28.1 Å². The SMILES string of the molecule is O=c1[nH]c2cccccc-2c1C1=Nc2cc(N3CCCC(CCCF)CC3)ccc2CC1. The third kappa shape index (κ3) is 4.21. The molecule has 1 aromatic carbocycles. The highest BCUT2D eigenvalue weighted by molar-refractivity contribution is 6.08. The highest BCUT2D eigenvalue weighted by Gasteiger charge is 2.23. The van der Waals surface area contributed by atoms with E-state index in [1.807, 2.05) is 30.3 Å². The minimum Gasteiger partial charge on any atom is -0.371 e. The summed E-state index contributed by atoms with van der Waals surface area (Å²) in [4.78, 5) is 23.2. The molecule has 0 spiro atoms. The molecule has 1 aliphatic carbocycles. The van der Waals surface area contributed by atoms with Crippen molar-refractivity contribution in [3.63, 3.8) is 0 Å². The van der Waals surface area contributed by atoms with Gasteiger partial charge in [0.05, 0.1) is 23.6 Å². The lowest BCUT2D eigenvalue weighted by atomic mass is 9.95. The van der Waals surface area contributed by atoms with Crippen molar-refractivity contribution in [3.8, 4) is 11.3 Å². The Bertz CT molecular complexity index is 1150. The van der Waals surface area contributed by atoms with Crippen molar-refractivity contribution in [1.82, 2.24) is 4.98 Å². The molecule has 0 radical (unpaired) electrons. The molecular weight excluding hydrogens is 401 g/mol. The summed E-state index contributed by atoms with van der Waals surface area (Å²) in [6.45, 7) is 1.84. The van der Waals surface area contributed by atoms with Crippen molar-refractivity contribution >= 4 is 17.1 Å². The number of hydrogen-bond acceptors (Lipinski definition) is 3. The topological polar surface area (TPSA) is 48.5 Å². The molecule has 3 aliphatic heterocycles. The first-order valence-electron chi connectivity index (χ1n) is 11.9. The molecule has 166 valence electrons. The lowest BCUT2D eigenvalue weighted by Crippen LogP contribution is -2.24. The average Bonchev–Trinajstić information content (AvgIpc) is 3.00. The fraction of sp³-hybridized carbons (Fsp3) is 0.407. The monoisotopic (exact) mass is 431 g/mol. The van der Waals surface area contributed by atoms with Crippen LogP contribution in [0.4, 0.5) is 15.8 Å². The maximum absolute atomic E-state index is 12.7. The molecule has 1 atom stereocenters. The van der Waals surface area contributed by atoms with Gasteiger partial charge in [0.25, 0.3) is 5.56 Å². The Hall–Kier alpha value is -2.95. The molecule has 4 nitrogen and oxygen atoms in total. The Morgan fingerprint density at radius 2 is 1.97 bits per heavy atom. The molecule has 5 heteroatoms. The van der Waals surface area contributed by atoms with E-state index in [9.17, 15) is 9.18 Å². The fourth-order valence-corrected chi connectivity index (χ4v) is 5.25. The van der Waals surface area contributed by atoms with E-state index in [1.54, 1.807) is 0 Å². The molecule has 5 rings (SSSR count). The number of hydrogen-bond donors (Lipinski definition) is 1. The van der Waals surface area contributed by atoms with Gasteiger partial charge >= 0.3 is 0 Å². The molecule has 1 aromatic rings. The highest BCUT2D eigenvalue weighted by atomic mass is 19.1. The summed E-state index contributed by atoms with van der Waals surface area (Å²) in [6.07, 6.45) is 6.81. The molecule has 0 bridgehead atoms. The lowest BCUT2D eigenvalue weighted by molar-refractivity contribution is 0.380. The van der Waals surface area contributed by atoms with E-state index in [1.165, 1.54) is 17.7 Å². The smallest absolute Gasteiger partial charge is 0.258 e. The number of fused-ring (bicyclic) bond motifs is 2. The summed E-state index contributed by atoms with van der Waals surface area (Å²) in [7, 11) is 0. The molecule has 1 saturated heterocycles. The van der Waals surface area contributed by atoms with Crippen molar-refractivity contribution in [3.05, 3.63) is 70.0 Å². The summed E-state index contributed by atoms with van der Waals surface area (Å²) < 4.78 is 12.6. The summed E-state index contributed by atoms with van der Waals surface area (Å²) >= 11 is 0. The number of aliphatic imine (C=N–C) groups is 1. The van der Waals surface area contributed by atoms with Gasteiger partial charge in [-0.2, -0.15) is 0 Å². The Morgan fingerprint density at radius 1 is 1.06 bits per heavy atom. The van der Waals surface area contributed by atoms with E-state index in [0.29, 0.717) is 17.9 Å². The molecular formula is C27H30FN3O. The van der Waals surface area contributed by atoms with Crippen LogP contribution in [0.25, 0.3) is 11.3 Å². The number of benzene rings is 1.